The van der Waals surface area contributed by atoms with Gasteiger partial charge in [-0.3, -0.25) is 91.1 Å². The lowest BCUT2D eigenvalue weighted by Gasteiger charge is -2.30. The number of unbranched alkanes of at least 4 members (excludes halogenated alkanes) is 4. The van der Waals surface area contributed by atoms with E-state index in [1.807, 2.05) is 6.92 Å². The van der Waals surface area contributed by atoms with E-state index >= 15 is 9.59 Å². The molecule has 24 N–H and O–H groups in total. The molecule has 0 aromatic rings. The van der Waals surface area contributed by atoms with Crippen LogP contribution in [-0.2, 0) is 101 Å². The molecular weight excluding hydrogens is 1590 g/mol. The van der Waals surface area contributed by atoms with Crippen LogP contribution in [0.3, 0.4) is 0 Å². The molecule has 122 heavy (non-hydrogen) atoms. The van der Waals surface area contributed by atoms with E-state index in [4.69, 9.17) is 27.7 Å². The van der Waals surface area contributed by atoms with Gasteiger partial charge in [0.1, 0.15) is 91.2 Å². The maximum absolute atomic E-state index is 15.1. The van der Waals surface area contributed by atoms with Crippen molar-refractivity contribution in [3.05, 3.63) is 12.2 Å². The number of carbonyl (C=O) groups excluding carboxylic acids is 19. The van der Waals surface area contributed by atoms with Gasteiger partial charge in [-0.15, -0.1) is 0 Å². The second-order valence-electron chi connectivity index (χ2n) is 33.5. The number of carboxylic acid groups (broad SMARTS) is 1. The summed E-state index contributed by atoms with van der Waals surface area (Å²) in [4.78, 5) is 278. The number of esters is 1. The van der Waals surface area contributed by atoms with Gasteiger partial charge in [0.05, 0.1) is 12.5 Å². The van der Waals surface area contributed by atoms with Crippen LogP contribution in [0.25, 0.3) is 0 Å². The van der Waals surface area contributed by atoms with Crippen LogP contribution in [0, 0.1) is 35.5 Å². The minimum Gasteiger partial charge on any atom is -0.481 e. The molecule has 0 aromatic carbocycles. The maximum Gasteiger partial charge on any atom is 0.329 e. The monoisotopic (exact) mass is 1730 g/mol. The van der Waals surface area contributed by atoms with Gasteiger partial charge in [0.25, 0.3) is 0 Å². The van der Waals surface area contributed by atoms with E-state index in [1.165, 1.54) is 34.6 Å². The Bertz CT molecular complexity index is 3610. The summed E-state index contributed by atoms with van der Waals surface area (Å²) >= 11 is 0. The van der Waals surface area contributed by atoms with Crippen molar-refractivity contribution >= 4 is 118 Å². The third kappa shape index (κ3) is 43.0. The van der Waals surface area contributed by atoms with E-state index in [9.17, 15) is 96.5 Å². The second-order valence-corrected chi connectivity index (χ2v) is 33.5. The molecule has 1 fully saturated rings. The number of primary amides is 4. The normalized spacial score (nSPS) is 20.7. The lowest BCUT2D eigenvalue weighted by Crippen LogP contribution is -2.62. The molecule has 0 bridgehead atoms. The van der Waals surface area contributed by atoms with Gasteiger partial charge in [-0.2, -0.15) is 0 Å². The predicted octanol–water partition coefficient (Wildman–Crippen LogP) is -2.15. The van der Waals surface area contributed by atoms with Crippen LogP contribution in [0.2, 0.25) is 0 Å². The molecule has 690 valence electrons. The first kappa shape index (κ1) is 109. The fourth-order valence-corrected chi connectivity index (χ4v) is 12.8. The number of carboxylic acids is 1. The van der Waals surface area contributed by atoms with Crippen LogP contribution in [0.5, 0.6) is 0 Å². The molecule has 18 amide bonds. The molecule has 0 aliphatic carbocycles. The van der Waals surface area contributed by atoms with Crippen molar-refractivity contribution in [2.45, 2.75) is 336 Å². The summed E-state index contributed by atoms with van der Waals surface area (Å²) in [7, 11) is 0. The second kappa shape index (κ2) is 55.9. The molecule has 1 aliphatic heterocycles. The number of hydrogen-bond acceptors (Lipinski definition) is 22. The molecule has 16 atom stereocenters. The number of cyclic esters (lactones) is 1. The van der Waals surface area contributed by atoms with E-state index in [0.29, 0.717) is 12.8 Å². The largest absolute Gasteiger partial charge is 0.481 e. The van der Waals surface area contributed by atoms with Crippen molar-refractivity contribution in [2.75, 3.05) is 6.61 Å². The first-order chi connectivity index (χ1) is 56.9. The predicted molar refractivity (Wildman–Crippen MR) is 445 cm³/mol. The minimum absolute atomic E-state index is 0.0495. The highest BCUT2D eigenvalue weighted by atomic mass is 16.5. The number of nitrogens with one attached hydrogen (secondary N) is 14. The number of aliphatic carboxylic acids is 1. The van der Waals surface area contributed by atoms with Crippen molar-refractivity contribution in [3.63, 3.8) is 0 Å². The van der Waals surface area contributed by atoms with Gasteiger partial charge in [-0.1, -0.05) is 135 Å². The van der Waals surface area contributed by atoms with Gasteiger partial charge < -0.3 is 112 Å². The molecule has 0 radical (unpaired) electrons. The third-order valence-corrected chi connectivity index (χ3v) is 19.8. The molecule has 0 spiro atoms. The molecule has 1 heterocycles. The summed E-state index contributed by atoms with van der Waals surface area (Å²) in [6.07, 6.45) is -2.52. The summed E-state index contributed by atoms with van der Waals surface area (Å²) < 4.78 is 5.78. The number of hydrogen-bond donors (Lipinski definition) is 20. The summed E-state index contributed by atoms with van der Waals surface area (Å²) in [6.45, 7) is 26.9. The van der Waals surface area contributed by atoms with Gasteiger partial charge in [0.2, 0.25) is 106 Å². The van der Waals surface area contributed by atoms with E-state index in [2.05, 4.69) is 81.0 Å². The van der Waals surface area contributed by atoms with Crippen molar-refractivity contribution in [1.82, 2.24) is 74.4 Å². The maximum atomic E-state index is 15.1. The Kier molecular flexibility index (Phi) is 50.0. The van der Waals surface area contributed by atoms with E-state index < -0.39 is 298 Å². The summed E-state index contributed by atoms with van der Waals surface area (Å²) in [5.74, 6) is -24.5. The van der Waals surface area contributed by atoms with Crippen LogP contribution < -0.4 is 97.4 Å². The molecular formula is C81H138N18O23. The lowest BCUT2D eigenvalue weighted by atomic mass is 9.97. The number of aliphatic hydroxyl groups is 1. The van der Waals surface area contributed by atoms with E-state index in [1.54, 1.807) is 62.3 Å². The zero-order valence-corrected chi connectivity index (χ0v) is 73.4. The standard InChI is InChI=1S/C81H138N18O23/c1-17-19-20-21-22-23-48(100)38-63(105)86-47(16)68(108)87-53(28-33-64(106)107)69(109)88-51(26-31-61(84)103)72(112)97-65(44(11)12)79(119)94-57(37-43(9)10)76(116)90-50(25-30-60(83)102)71(111)96-58-39-122-81(121)67(46(15)18-2)99-73(113)52(27-32-62(85)104)91-74(114)54(34-40(3)4)93-77(117)55(35-41(5)6)92-70(110)49(24-29-59(82)101)89-75(115)56(36-42(7)8)95-80(120)66(45(13)14)98-78(58)118/h40-43,45-58,65-67,100H,11,17-39H2,1-10,12-16H3,(H2,82,101)(H2,83,102)(H2,84,103)(H2,85,104)(H,86,105)(H,87,108)(H,88,109)(H,89,115)(H,90,116)(H,91,114)(H,92,110)(H,93,117)(H,94,119)(H,95,120)(H,96,111)(H,97,112)(H,98,118)(H,99,113)(H,106,107)/t46-,47-,48+,49+,50-,51+,52+,53+,54-,55-,56?,57+,58+,65+,66+,67-/m0/s1. The van der Waals surface area contributed by atoms with Gasteiger partial charge >= 0.3 is 11.9 Å². The van der Waals surface area contributed by atoms with Crippen LogP contribution in [0.15, 0.2) is 12.2 Å². The number of amides is 18. The average Bonchev–Trinajstić information content (AvgIpc) is 0.925. The van der Waals surface area contributed by atoms with Crippen molar-refractivity contribution in [1.29, 1.82) is 0 Å². The van der Waals surface area contributed by atoms with Gasteiger partial charge in [-0.05, 0) is 119 Å². The quantitative estimate of drug-likeness (QED) is 0.0175. The molecule has 0 aromatic heterocycles. The highest BCUT2D eigenvalue weighted by Crippen LogP contribution is 2.19. The Balaban J connectivity index is 4.20. The summed E-state index contributed by atoms with van der Waals surface area (Å²) in [5.41, 5.74) is 22.0. The highest BCUT2D eigenvalue weighted by Gasteiger charge is 2.41. The molecule has 1 unspecified atom stereocenters. The molecule has 1 saturated heterocycles. The molecule has 1 aliphatic rings. The fraction of sp³-hybridized carbons (Fsp3) is 0.728. The minimum atomic E-state index is -2.12. The van der Waals surface area contributed by atoms with Gasteiger partial charge in [-0.25, -0.2) is 4.79 Å². The van der Waals surface area contributed by atoms with E-state index in [-0.39, 0.29) is 61.9 Å². The number of carbonyl (C=O) groups is 20. The molecule has 41 heteroatoms. The van der Waals surface area contributed by atoms with Crippen LogP contribution in [0.1, 0.15) is 245 Å². The Morgan fingerprint density at radius 2 is 0.836 bits per heavy atom. The van der Waals surface area contributed by atoms with Gasteiger partial charge in [0, 0.05) is 32.1 Å². The summed E-state index contributed by atoms with van der Waals surface area (Å²) in [5, 5.41) is 55.1. The topological polar surface area (TPSA) is 664 Å². The van der Waals surface area contributed by atoms with Crippen LogP contribution >= 0.6 is 0 Å². The average molecular weight is 1730 g/mol. The summed E-state index contributed by atoms with van der Waals surface area (Å²) in [6, 6.07) is -23.3. The van der Waals surface area contributed by atoms with Crippen molar-refractivity contribution in [3.8, 4) is 0 Å². The smallest absolute Gasteiger partial charge is 0.329 e. The van der Waals surface area contributed by atoms with Crippen LogP contribution in [-0.4, -0.2) is 226 Å². The molecule has 0 saturated carbocycles. The van der Waals surface area contributed by atoms with Gasteiger partial charge in [0.15, 0.2) is 0 Å². The number of nitrogens with two attached hydrogens (primary N) is 4. The Hall–Kier alpha value is -10.9. The zero-order valence-electron chi connectivity index (χ0n) is 73.4. The van der Waals surface area contributed by atoms with Crippen LogP contribution in [0.4, 0.5) is 0 Å². The fourth-order valence-electron chi connectivity index (χ4n) is 12.8. The van der Waals surface area contributed by atoms with E-state index in [0.717, 1.165) is 25.7 Å². The molecule has 1 rings (SSSR count). The SMILES string of the molecule is C=C(C)[C@@H](NC(=O)[C@@H](CCC(N)=O)NC(=O)[C@@H](CCC(=O)O)NC(=O)[C@H](C)NC(=O)C[C@H](O)CCCCCCC)C(=O)N[C@H](CC(C)C)C(=O)N[C@@H](CCC(N)=O)C(=O)N[C@@H]1COC(=O)[C@H]([C@@H](C)CC)NC(=O)[C@@H](CCC(N)=O)NC(=O)[C@H](CC(C)C)NC(=O)[C@H](CC(C)C)NC(=O)[C@@H](CCC(N)=O)NC(=O)C(CC(C)C)NC(=O)[C@@H](C(C)C)NC1=O. The molecule has 41 nitrogen and oxygen atoms in total. The van der Waals surface area contributed by atoms with Crippen molar-refractivity contribution < 1.29 is 111 Å². The Labute approximate surface area is 713 Å². The highest BCUT2D eigenvalue weighted by molar-refractivity contribution is 6.01. The first-order valence-corrected chi connectivity index (χ1v) is 42.0. The number of aliphatic hydroxyl groups excluding tert-OH is 1. The number of ether oxygens (including phenoxy) is 1. The first-order valence-electron chi connectivity index (χ1n) is 42.0. The number of rotatable bonds is 48. The lowest BCUT2D eigenvalue weighted by molar-refractivity contribution is -0.152. The Morgan fingerprint density at radius 1 is 0.443 bits per heavy atom. The van der Waals surface area contributed by atoms with Crippen molar-refractivity contribution in [2.24, 2.45) is 58.4 Å². The zero-order chi connectivity index (χ0) is 93.1. The Morgan fingerprint density at radius 3 is 1.26 bits per heavy atom. The third-order valence-electron chi connectivity index (χ3n) is 19.8.